The van der Waals surface area contributed by atoms with Gasteiger partial charge in [-0.25, -0.2) is 0 Å². The minimum Gasteiger partial charge on any atom is -0.324 e. The van der Waals surface area contributed by atoms with Crippen LogP contribution in [0, 0.1) is 0 Å². The monoisotopic (exact) mass is 221 g/mol. The van der Waals surface area contributed by atoms with Crippen LogP contribution in [0.4, 0.5) is 0 Å². The van der Waals surface area contributed by atoms with Crippen molar-refractivity contribution < 1.29 is 0 Å². The normalized spacial score (nSPS) is 10.1. The molecule has 2 heteroatoms. The van der Waals surface area contributed by atoms with Gasteiger partial charge in [0, 0.05) is 22.6 Å². The van der Waals surface area contributed by atoms with Crippen LogP contribution in [0.1, 0.15) is 0 Å². The fraction of sp³-hybridized carbons (Fsp3) is 0. The van der Waals surface area contributed by atoms with Crippen molar-refractivity contribution in [2.45, 2.75) is 0 Å². The van der Waals surface area contributed by atoms with E-state index in [-0.39, 0.29) is 0 Å². The summed E-state index contributed by atoms with van der Waals surface area (Å²) >= 11 is 3.40. The number of aromatic nitrogens is 1. The Balaban J connectivity index is 2.43. The summed E-state index contributed by atoms with van der Waals surface area (Å²) in [5.41, 5.74) is 1.18. The maximum Gasteiger partial charge on any atom is 0.0450 e. The van der Waals surface area contributed by atoms with E-state index in [1.54, 1.807) is 0 Å². The summed E-state index contributed by atoms with van der Waals surface area (Å²) in [6.07, 6.45) is 4.06. The van der Waals surface area contributed by atoms with E-state index in [1.807, 2.05) is 36.7 Å². The van der Waals surface area contributed by atoms with Gasteiger partial charge >= 0.3 is 0 Å². The highest BCUT2D eigenvalue weighted by Crippen LogP contribution is 2.13. The number of rotatable bonds is 1. The summed E-state index contributed by atoms with van der Waals surface area (Å²) in [4.78, 5) is 0. The Morgan fingerprint density at radius 1 is 0.917 bits per heavy atom. The first-order valence-corrected chi connectivity index (χ1v) is 4.54. The Morgan fingerprint density at radius 2 is 1.50 bits per heavy atom. The minimum atomic E-state index is 1.11. The van der Waals surface area contributed by atoms with Crippen molar-refractivity contribution in [3.63, 3.8) is 0 Å². The third-order valence-electron chi connectivity index (χ3n) is 1.73. The van der Waals surface area contributed by atoms with Crippen molar-refractivity contribution in [1.29, 1.82) is 0 Å². The SMILES string of the molecule is Brc1ccc(-n2cccc2)cc1. The van der Waals surface area contributed by atoms with Crippen LogP contribution in [0.2, 0.25) is 0 Å². The third-order valence-corrected chi connectivity index (χ3v) is 2.26. The Kier molecular flexibility index (Phi) is 2.00. The smallest absolute Gasteiger partial charge is 0.0450 e. The molecule has 0 saturated heterocycles. The Bertz CT molecular complexity index is 348. The Hall–Kier alpha value is -1.02. The molecule has 0 radical (unpaired) electrons. The zero-order valence-corrected chi connectivity index (χ0v) is 8.03. The second-order valence-corrected chi connectivity index (χ2v) is 3.48. The fourth-order valence-corrected chi connectivity index (χ4v) is 1.38. The maximum absolute atomic E-state index is 3.40. The van der Waals surface area contributed by atoms with Gasteiger partial charge in [-0.05, 0) is 36.4 Å². The molecule has 0 unspecified atom stereocenters. The van der Waals surface area contributed by atoms with E-state index < -0.39 is 0 Å². The molecule has 0 bridgehead atoms. The molecule has 2 rings (SSSR count). The van der Waals surface area contributed by atoms with E-state index in [2.05, 4.69) is 32.6 Å². The van der Waals surface area contributed by atoms with Gasteiger partial charge in [0.1, 0.15) is 0 Å². The van der Waals surface area contributed by atoms with Gasteiger partial charge in [-0.3, -0.25) is 0 Å². The lowest BCUT2D eigenvalue weighted by Crippen LogP contribution is -1.87. The minimum absolute atomic E-state index is 1.11. The van der Waals surface area contributed by atoms with E-state index in [4.69, 9.17) is 0 Å². The second kappa shape index (κ2) is 3.15. The molecule has 0 saturated carbocycles. The first-order chi connectivity index (χ1) is 5.86. The molecule has 0 aliphatic rings. The van der Waals surface area contributed by atoms with Gasteiger partial charge in [0.05, 0.1) is 0 Å². The van der Waals surface area contributed by atoms with Crippen molar-refractivity contribution in [3.8, 4) is 5.69 Å². The molecule has 0 N–H and O–H groups in total. The van der Waals surface area contributed by atoms with Crippen LogP contribution < -0.4 is 0 Å². The maximum atomic E-state index is 3.40. The predicted molar refractivity (Wildman–Crippen MR) is 53.5 cm³/mol. The van der Waals surface area contributed by atoms with Crippen molar-refractivity contribution in [3.05, 3.63) is 53.3 Å². The average molecular weight is 222 g/mol. The predicted octanol–water partition coefficient (Wildman–Crippen LogP) is 3.24. The molecular formula is C10H8BrN. The standard InChI is InChI=1S/C10H8BrN/c11-9-3-5-10(6-4-9)12-7-1-2-8-12/h1-8H. The molecule has 2 aromatic rings. The van der Waals surface area contributed by atoms with Gasteiger partial charge in [-0.2, -0.15) is 0 Å². The molecule has 0 amide bonds. The molecule has 1 aromatic carbocycles. The molecule has 0 atom stereocenters. The first kappa shape index (κ1) is 7.62. The van der Waals surface area contributed by atoms with Gasteiger partial charge in [-0.15, -0.1) is 0 Å². The zero-order chi connectivity index (χ0) is 8.39. The van der Waals surface area contributed by atoms with Crippen molar-refractivity contribution in [2.24, 2.45) is 0 Å². The Labute approximate surface area is 79.8 Å². The van der Waals surface area contributed by atoms with Crippen LogP contribution in [0.5, 0.6) is 0 Å². The van der Waals surface area contributed by atoms with Crippen LogP contribution in [0.15, 0.2) is 53.3 Å². The topological polar surface area (TPSA) is 4.93 Å². The van der Waals surface area contributed by atoms with Gasteiger partial charge in [0.2, 0.25) is 0 Å². The lowest BCUT2D eigenvalue weighted by atomic mass is 10.3. The lowest BCUT2D eigenvalue weighted by Gasteiger charge is -2.01. The summed E-state index contributed by atoms with van der Waals surface area (Å²) in [5.74, 6) is 0. The molecule has 60 valence electrons. The van der Waals surface area contributed by atoms with E-state index in [9.17, 15) is 0 Å². The van der Waals surface area contributed by atoms with Gasteiger partial charge in [-0.1, -0.05) is 15.9 Å². The van der Waals surface area contributed by atoms with Crippen LogP contribution in [0.3, 0.4) is 0 Å². The summed E-state index contributed by atoms with van der Waals surface area (Å²) in [6, 6.07) is 12.3. The molecule has 0 spiro atoms. The molecule has 1 heterocycles. The number of hydrogen-bond acceptors (Lipinski definition) is 0. The number of hydrogen-bond donors (Lipinski definition) is 0. The quantitative estimate of drug-likeness (QED) is 0.697. The van der Waals surface area contributed by atoms with Crippen LogP contribution in [-0.2, 0) is 0 Å². The summed E-state index contributed by atoms with van der Waals surface area (Å²) in [5, 5.41) is 0. The number of nitrogens with zero attached hydrogens (tertiary/aromatic N) is 1. The van der Waals surface area contributed by atoms with Crippen molar-refractivity contribution >= 4 is 15.9 Å². The molecule has 0 fully saturated rings. The third kappa shape index (κ3) is 1.43. The zero-order valence-electron chi connectivity index (χ0n) is 6.44. The number of halogens is 1. The number of benzene rings is 1. The highest BCUT2D eigenvalue weighted by atomic mass is 79.9. The molecule has 0 aliphatic heterocycles. The van der Waals surface area contributed by atoms with Crippen molar-refractivity contribution in [2.75, 3.05) is 0 Å². The first-order valence-electron chi connectivity index (χ1n) is 3.75. The van der Waals surface area contributed by atoms with Gasteiger partial charge < -0.3 is 4.57 Å². The second-order valence-electron chi connectivity index (χ2n) is 2.57. The van der Waals surface area contributed by atoms with E-state index in [0.29, 0.717) is 0 Å². The van der Waals surface area contributed by atoms with Crippen LogP contribution in [0.25, 0.3) is 5.69 Å². The molecular weight excluding hydrogens is 214 g/mol. The highest BCUT2D eigenvalue weighted by molar-refractivity contribution is 9.10. The molecule has 1 aromatic heterocycles. The lowest BCUT2D eigenvalue weighted by molar-refractivity contribution is 1.08. The van der Waals surface area contributed by atoms with Crippen molar-refractivity contribution in [1.82, 2.24) is 4.57 Å². The average Bonchev–Trinajstić information content (AvgIpc) is 2.58. The van der Waals surface area contributed by atoms with E-state index in [0.717, 1.165) is 4.47 Å². The van der Waals surface area contributed by atoms with E-state index >= 15 is 0 Å². The summed E-state index contributed by atoms with van der Waals surface area (Å²) in [7, 11) is 0. The largest absolute Gasteiger partial charge is 0.324 e. The van der Waals surface area contributed by atoms with Crippen LogP contribution >= 0.6 is 15.9 Å². The molecule has 0 aliphatic carbocycles. The molecule has 1 nitrogen and oxygen atoms in total. The molecule has 12 heavy (non-hydrogen) atoms. The Morgan fingerprint density at radius 3 is 2.08 bits per heavy atom. The fourth-order valence-electron chi connectivity index (χ4n) is 1.12. The van der Waals surface area contributed by atoms with Gasteiger partial charge in [0.15, 0.2) is 0 Å². The summed E-state index contributed by atoms with van der Waals surface area (Å²) < 4.78 is 3.19. The summed E-state index contributed by atoms with van der Waals surface area (Å²) in [6.45, 7) is 0. The van der Waals surface area contributed by atoms with E-state index in [1.165, 1.54) is 5.69 Å². The highest BCUT2D eigenvalue weighted by Gasteiger charge is 1.92. The van der Waals surface area contributed by atoms with Crippen LogP contribution in [-0.4, -0.2) is 4.57 Å². The van der Waals surface area contributed by atoms with Gasteiger partial charge in [0.25, 0.3) is 0 Å².